The van der Waals surface area contributed by atoms with Gasteiger partial charge in [-0.1, -0.05) is 31.2 Å². The highest BCUT2D eigenvalue weighted by atomic mass is 16.5. The molecule has 2 aromatic carbocycles. The van der Waals surface area contributed by atoms with E-state index in [1.54, 1.807) is 25.1 Å². The summed E-state index contributed by atoms with van der Waals surface area (Å²) in [4.78, 5) is 23.3. The van der Waals surface area contributed by atoms with Gasteiger partial charge in [0.2, 0.25) is 5.90 Å². The number of carboxylic acids is 1. The first kappa shape index (κ1) is 22.6. The number of hydrogen-bond acceptors (Lipinski definition) is 7. The molecule has 1 heterocycles. The number of tetrazole rings is 1. The summed E-state index contributed by atoms with van der Waals surface area (Å²) in [7, 11) is 1.54. The maximum absolute atomic E-state index is 12.3. The largest absolute Gasteiger partial charge is 0.478 e. The number of nitrogens with zero attached hydrogens (tertiary/aromatic N) is 6. The molecule has 0 unspecified atom stereocenters. The van der Waals surface area contributed by atoms with Crippen LogP contribution in [0.3, 0.4) is 0 Å². The third kappa shape index (κ3) is 4.97. The van der Waals surface area contributed by atoms with E-state index in [9.17, 15) is 9.59 Å². The predicted molar refractivity (Wildman–Crippen MR) is 119 cm³/mol. The Balaban J connectivity index is 1.80. The zero-order valence-corrected chi connectivity index (χ0v) is 18.3. The normalized spacial score (nSPS) is 12.1. The smallest absolute Gasteiger partial charge is 0.368 e. The van der Waals surface area contributed by atoms with Crippen molar-refractivity contribution in [2.24, 2.45) is 17.3 Å². The lowest BCUT2D eigenvalue weighted by molar-refractivity contribution is 0.0697. The molecular formula is C22H24N6O4. The molecular weight excluding hydrogens is 412 g/mol. The molecule has 0 fully saturated rings. The van der Waals surface area contributed by atoms with Crippen molar-refractivity contribution in [3.63, 3.8) is 0 Å². The molecule has 166 valence electrons. The molecule has 10 nitrogen and oxygen atoms in total. The van der Waals surface area contributed by atoms with E-state index in [0.717, 1.165) is 21.4 Å². The standard InChI is InChI=1S/C22H24N6O4/c1-5-20(24-23-15(3)16-9-11-17(12-10-16)21(29)30)32-13-18-14(2)7-6-8-19(18)28-22(31)27(4)25-26-28/h6-12H,5,13H2,1-4H3,(H,29,30)/b23-15+,24-20+. The van der Waals surface area contributed by atoms with Gasteiger partial charge >= 0.3 is 11.7 Å². The Morgan fingerprint density at radius 3 is 2.38 bits per heavy atom. The molecule has 0 aliphatic rings. The fourth-order valence-electron chi connectivity index (χ4n) is 2.94. The summed E-state index contributed by atoms with van der Waals surface area (Å²) >= 11 is 0. The fraction of sp³-hybridized carbons (Fsp3) is 0.273. The maximum atomic E-state index is 12.3. The third-order valence-electron chi connectivity index (χ3n) is 4.88. The van der Waals surface area contributed by atoms with Crippen LogP contribution in [0.5, 0.6) is 0 Å². The highest BCUT2D eigenvalue weighted by Gasteiger charge is 2.14. The van der Waals surface area contributed by atoms with Gasteiger partial charge in [-0.05, 0) is 53.6 Å². The molecule has 3 aromatic rings. The summed E-state index contributed by atoms with van der Waals surface area (Å²) in [5, 5.41) is 25.1. The first-order chi connectivity index (χ1) is 15.3. The minimum atomic E-state index is -0.981. The van der Waals surface area contributed by atoms with Gasteiger partial charge in [-0.15, -0.1) is 5.10 Å². The molecule has 1 N–H and O–H groups in total. The molecule has 0 bridgehead atoms. The van der Waals surface area contributed by atoms with Crippen molar-refractivity contribution in [3.8, 4) is 5.69 Å². The Hall–Kier alpha value is -4.08. The van der Waals surface area contributed by atoms with E-state index in [2.05, 4.69) is 20.6 Å². The molecule has 0 saturated carbocycles. The Bertz CT molecular complexity index is 1240. The lowest BCUT2D eigenvalue weighted by Crippen LogP contribution is -2.23. The van der Waals surface area contributed by atoms with E-state index < -0.39 is 5.97 Å². The van der Waals surface area contributed by atoms with Crippen LogP contribution in [0.2, 0.25) is 0 Å². The zero-order valence-electron chi connectivity index (χ0n) is 18.3. The van der Waals surface area contributed by atoms with Crippen LogP contribution in [-0.2, 0) is 18.4 Å². The molecule has 10 heteroatoms. The number of benzene rings is 2. The van der Waals surface area contributed by atoms with Gasteiger partial charge in [-0.2, -0.15) is 14.5 Å². The van der Waals surface area contributed by atoms with Crippen LogP contribution in [0.15, 0.2) is 57.5 Å². The number of aromatic nitrogens is 4. The van der Waals surface area contributed by atoms with Crippen LogP contribution in [0.4, 0.5) is 0 Å². The fourth-order valence-corrected chi connectivity index (χ4v) is 2.94. The van der Waals surface area contributed by atoms with Crippen LogP contribution in [0, 0.1) is 6.92 Å². The Morgan fingerprint density at radius 1 is 1.09 bits per heavy atom. The van der Waals surface area contributed by atoms with Crippen molar-refractivity contribution in [3.05, 3.63) is 75.2 Å². The number of aromatic carboxylic acids is 1. The molecule has 3 rings (SSSR count). The van der Waals surface area contributed by atoms with E-state index in [1.807, 2.05) is 26.0 Å². The van der Waals surface area contributed by atoms with Gasteiger partial charge < -0.3 is 9.84 Å². The highest BCUT2D eigenvalue weighted by molar-refractivity contribution is 5.99. The van der Waals surface area contributed by atoms with Crippen molar-refractivity contribution in [1.82, 2.24) is 19.8 Å². The van der Waals surface area contributed by atoms with Crippen LogP contribution < -0.4 is 5.69 Å². The molecule has 32 heavy (non-hydrogen) atoms. The molecule has 0 atom stereocenters. The predicted octanol–water partition coefficient (Wildman–Crippen LogP) is 2.72. The Kier molecular flexibility index (Phi) is 6.93. The topological polar surface area (TPSA) is 124 Å². The van der Waals surface area contributed by atoms with Crippen LogP contribution in [0.25, 0.3) is 5.69 Å². The number of carbonyl (C=O) groups is 1. The van der Waals surface area contributed by atoms with Gasteiger partial charge in [0.05, 0.1) is 17.0 Å². The highest BCUT2D eigenvalue weighted by Crippen LogP contribution is 2.18. The second-order valence-corrected chi connectivity index (χ2v) is 7.07. The average molecular weight is 436 g/mol. The summed E-state index contributed by atoms with van der Waals surface area (Å²) in [6, 6.07) is 12.0. The van der Waals surface area contributed by atoms with Gasteiger partial charge in [0, 0.05) is 19.0 Å². The van der Waals surface area contributed by atoms with Crippen molar-refractivity contribution >= 4 is 17.6 Å². The molecule has 0 radical (unpaired) electrons. The number of ether oxygens (including phenoxy) is 1. The summed E-state index contributed by atoms with van der Waals surface area (Å²) < 4.78 is 8.29. The van der Waals surface area contributed by atoms with Crippen molar-refractivity contribution < 1.29 is 14.6 Å². The van der Waals surface area contributed by atoms with Crippen LogP contribution in [0.1, 0.15) is 47.3 Å². The number of hydrogen-bond donors (Lipinski definition) is 1. The molecule has 0 saturated heterocycles. The summed E-state index contributed by atoms with van der Waals surface area (Å²) in [6.07, 6.45) is 0.515. The molecule has 0 aliphatic heterocycles. The maximum Gasteiger partial charge on any atom is 0.368 e. The molecule has 1 aromatic heterocycles. The zero-order chi connectivity index (χ0) is 23.3. The number of aryl methyl sites for hydroxylation is 2. The van der Waals surface area contributed by atoms with Crippen molar-refractivity contribution in [2.45, 2.75) is 33.8 Å². The van der Waals surface area contributed by atoms with E-state index in [4.69, 9.17) is 9.84 Å². The average Bonchev–Trinajstić information content (AvgIpc) is 3.12. The van der Waals surface area contributed by atoms with E-state index in [-0.39, 0.29) is 17.9 Å². The Labute approximate surface area is 184 Å². The van der Waals surface area contributed by atoms with Crippen molar-refractivity contribution in [2.75, 3.05) is 0 Å². The van der Waals surface area contributed by atoms with Crippen LogP contribution >= 0.6 is 0 Å². The van der Waals surface area contributed by atoms with Crippen LogP contribution in [-0.4, -0.2) is 42.5 Å². The van der Waals surface area contributed by atoms with E-state index in [0.29, 0.717) is 23.7 Å². The number of carboxylic acid groups (broad SMARTS) is 1. The van der Waals surface area contributed by atoms with Gasteiger partial charge in [-0.25, -0.2) is 9.59 Å². The van der Waals surface area contributed by atoms with Crippen molar-refractivity contribution in [1.29, 1.82) is 0 Å². The minimum Gasteiger partial charge on any atom is -0.478 e. The second-order valence-electron chi connectivity index (χ2n) is 7.07. The SMILES string of the molecule is CC/C(=N\N=C(/C)c1ccc(C(=O)O)cc1)OCc1c(C)cccc1-n1nnn(C)c1=O. The molecule has 0 spiro atoms. The van der Waals surface area contributed by atoms with E-state index >= 15 is 0 Å². The monoisotopic (exact) mass is 436 g/mol. The lowest BCUT2D eigenvalue weighted by atomic mass is 10.1. The third-order valence-corrected chi connectivity index (χ3v) is 4.88. The van der Waals surface area contributed by atoms with Gasteiger partial charge in [0.1, 0.15) is 6.61 Å². The molecule has 0 aliphatic carbocycles. The summed E-state index contributed by atoms with van der Waals surface area (Å²) in [6.45, 7) is 5.79. The van der Waals surface area contributed by atoms with Gasteiger partial charge in [-0.3, -0.25) is 0 Å². The Morgan fingerprint density at radius 2 is 1.78 bits per heavy atom. The summed E-state index contributed by atoms with van der Waals surface area (Å²) in [5.41, 5.74) is 3.57. The number of rotatable bonds is 7. The van der Waals surface area contributed by atoms with E-state index in [1.165, 1.54) is 23.9 Å². The molecule has 0 amide bonds. The first-order valence-electron chi connectivity index (χ1n) is 9.97. The minimum absolute atomic E-state index is 0.180. The van der Waals surface area contributed by atoms with Gasteiger partial charge in [0.25, 0.3) is 0 Å². The van der Waals surface area contributed by atoms with Gasteiger partial charge in [0.15, 0.2) is 0 Å². The second kappa shape index (κ2) is 9.82. The summed E-state index contributed by atoms with van der Waals surface area (Å²) in [5.74, 6) is -0.558. The first-order valence-corrected chi connectivity index (χ1v) is 9.97. The lowest BCUT2D eigenvalue weighted by Gasteiger charge is -2.13. The quantitative estimate of drug-likeness (QED) is 0.345.